The average Bonchev–Trinajstić information content (AvgIpc) is 2.76. The molecule has 7 heteroatoms. The van der Waals surface area contributed by atoms with E-state index in [4.69, 9.17) is 0 Å². The third-order valence-corrected chi connectivity index (χ3v) is 6.10. The highest BCUT2D eigenvalue weighted by atomic mass is 32.2. The SMILES string of the molecule is CC(=O)N(CC(=O)NC1CCS(=O)(=O)C1)C1CCCCC1. The first-order valence-electron chi connectivity index (χ1n) is 7.64. The summed E-state index contributed by atoms with van der Waals surface area (Å²) in [5.41, 5.74) is 0. The van der Waals surface area contributed by atoms with E-state index in [1.807, 2.05) is 0 Å². The molecule has 0 aromatic carbocycles. The molecule has 2 fully saturated rings. The van der Waals surface area contributed by atoms with Crippen LogP contribution in [0.2, 0.25) is 0 Å². The Morgan fingerprint density at radius 2 is 1.81 bits per heavy atom. The first-order valence-corrected chi connectivity index (χ1v) is 9.46. The highest BCUT2D eigenvalue weighted by molar-refractivity contribution is 7.91. The van der Waals surface area contributed by atoms with Crippen molar-refractivity contribution in [3.8, 4) is 0 Å². The number of hydrogen-bond acceptors (Lipinski definition) is 4. The van der Waals surface area contributed by atoms with Gasteiger partial charge >= 0.3 is 0 Å². The largest absolute Gasteiger partial charge is 0.351 e. The maximum atomic E-state index is 12.1. The third-order valence-electron chi connectivity index (χ3n) is 4.33. The lowest BCUT2D eigenvalue weighted by Crippen LogP contribution is -2.48. The molecule has 6 nitrogen and oxygen atoms in total. The Morgan fingerprint density at radius 1 is 1.14 bits per heavy atom. The van der Waals surface area contributed by atoms with Crippen molar-refractivity contribution in [2.24, 2.45) is 0 Å². The van der Waals surface area contributed by atoms with Gasteiger partial charge in [0, 0.05) is 19.0 Å². The van der Waals surface area contributed by atoms with Gasteiger partial charge in [-0.25, -0.2) is 8.42 Å². The van der Waals surface area contributed by atoms with E-state index >= 15 is 0 Å². The molecule has 1 aliphatic heterocycles. The standard InChI is InChI=1S/C14H24N2O4S/c1-11(17)16(13-5-3-2-4-6-13)9-14(18)15-12-7-8-21(19,20)10-12/h12-13H,2-10H2,1H3,(H,15,18). The fourth-order valence-corrected chi connectivity index (χ4v) is 4.90. The van der Waals surface area contributed by atoms with Gasteiger partial charge in [0.15, 0.2) is 9.84 Å². The van der Waals surface area contributed by atoms with Crippen molar-refractivity contribution >= 4 is 21.7 Å². The molecule has 1 aliphatic carbocycles. The lowest BCUT2D eigenvalue weighted by Gasteiger charge is -2.33. The predicted molar refractivity (Wildman–Crippen MR) is 79.5 cm³/mol. The summed E-state index contributed by atoms with van der Waals surface area (Å²) in [4.78, 5) is 25.5. The fraction of sp³-hybridized carbons (Fsp3) is 0.857. The summed E-state index contributed by atoms with van der Waals surface area (Å²) in [6.07, 6.45) is 5.75. The number of amides is 2. The Balaban J connectivity index is 1.88. The molecule has 0 bridgehead atoms. The number of carbonyl (C=O) groups excluding carboxylic acids is 2. The third kappa shape index (κ3) is 4.69. The van der Waals surface area contributed by atoms with Gasteiger partial charge in [0.2, 0.25) is 11.8 Å². The van der Waals surface area contributed by atoms with Crippen molar-refractivity contribution in [2.75, 3.05) is 18.1 Å². The molecule has 2 rings (SSSR count). The van der Waals surface area contributed by atoms with Crippen LogP contribution >= 0.6 is 0 Å². The van der Waals surface area contributed by atoms with Crippen LogP contribution in [0.4, 0.5) is 0 Å². The molecule has 0 aromatic rings. The first-order chi connectivity index (χ1) is 9.87. The molecular weight excluding hydrogens is 292 g/mol. The van der Waals surface area contributed by atoms with Crippen LogP contribution in [0.5, 0.6) is 0 Å². The Bertz CT molecular complexity index is 497. The Labute approximate surface area is 126 Å². The van der Waals surface area contributed by atoms with Crippen molar-refractivity contribution < 1.29 is 18.0 Å². The van der Waals surface area contributed by atoms with Crippen molar-refractivity contribution in [1.82, 2.24) is 10.2 Å². The topological polar surface area (TPSA) is 83.6 Å². The minimum atomic E-state index is -3.00. The van der Waals surface area contributed by atoms with Crippen LogP contribution in [-0.4, -0.2) is 55.3 Å². The van der Waals surface area contributed by atoms with E-state index in [-0.39, 0.29) is 41.9 Å². The molecule has 120 valence electrons. The van der Waals surface area contributed by atoms with Crippen LogP contribution in [0.15, 0.2) is 0 Å². The van der Waals surface area contributed by atoms with Gasteiger partial charge in [0.1, 0.15) is 0 Å². The number of rotatable bonds is 4. The highest BCUT2D eigenvalue weighted by Crippen LogP contribution is 2.22. The zero-order valence-electron chi connectivity index (χ0n) is 12.5. The monoisotopic (exact) mass is 316 g/mol. The van der Waals surface area contributed by atoms with Gasteiger partial charge in [-0.3, -0.25) is 9.59 Å². The number of carbonyl (C=O) groups is 2. The normalized spacial score (nSPS) is 25.5. The smallest absolute Gasteiger partial charge is 0.239 e. The molecule has 1 saturated carbocycles. The van der Waals surface area contributed by atoms with Crippen molar-refractivity contribution in [2.45, 2.75) is 57.5 Å². The molecule has 1 saturated heterocycles. The summed E-state index contributed by atoms with van der Waals surface area (Å²) >= 11 is 0. The molecule has 2 amide bonds. The lowest BCUT2D eigenvalue weighted by atomic mass is 9.94. The Morgan fingerprint density at radius 3 is 2.33 bits per heavy atom. The summed E-state index contributed by atoms with van der Waals surface area (Å²) in [7, 11) is -3.00. The highest BCUT2D eigenvalue weighted by Gasteiger charge is 2.30. The molecule has 0 aromatic heterocycles. The average molecular weight is 316 g/mol. The second kappa shape index (κ2) is 6.77. The number of nitrogens with zero attached hydrogens (tertiary/aromatic N) is 1. The number of nitrogens with one attached hydrogen (secondary N) is 1. The minimum absolute atomic E-state index is 0.0161. The van der Waals surface area contributed by atoms with Gasteiger partial charge in [-0.1, -0.05) is 19.3 Å². The van der Waals surface area contributed by atoms with Crippen LogP contribution < -0.4 is 5.32 Å². The Kier molecular flexibility index (Phi) is 5.24. The van der Waals surface area contributed by atoms with Gasteiger partial charge in [-0.2, -0.15) is 0 Å². The van der Waals surface area contributed by atoms with Crippen molar-refractivity contribution in [1.29, 1.82) is 0 Å². The summed E-state index contributed by atoms with van der Waals surface area (Å²) in [6.45, 7) is 1.53. The van der Waals surface area contributed by atoms with E-state index < -0.39 is 9.84 Å². The number of sulfone groups is 1. The van der Waals surface area contributed by atoms with Crippen LogP contribution in [0.25, 0.3) is 0 Å². The zero-order chi connectivity index (χ0) is 15.5. The molecule has 0 spiro atoms. The fourth-order valence-electron chi connectivity index (χ4n) is 3.23. The Hall–Kier alpha value is -1.11. The molecular formula is C14H24N2O4S. The van der Waals surface area contributed by atoms with Crippen LogP contribution in [0.3, 0.4) is 0 Å². The zero-order valence-corrected chi connectivity index (χ0v) is 13.3. The van der Waals surface area contributed by atoms with Gasteiger partial charge in [0.05, 0.1) is 18.1 Å². The first kappa shape index (κ1) is 16.3. The number of hydrogen-bond donors (Lipinski definition) is 1. The van der Waals surface area contributed by atoms with Gasteiger partial charge in [-0.15, -0.1) is 0 Å². The van der Waals surface area contributed by atoms with Gasteiger partial charge in [-0.05, 0) is 19.3 Å². The molecule has 1 atom stereocenters. The summed E-state index contributed by atoms with van der Waals surface area (Å²) in [5, 5.41) is 2.75. The maximum Gasteiger partial charge on any atom is 0.239 e. The molecule has 0 radical (unpaired) electrons. The summed E-state index contributed by atoms with van der Waals surface area (Å²) in [6, 6.07) is -0.156. The summed E-state index contributed by atoms with van der Waals surface area (Å²) < 4.78 is 22.8. The minimum Gasteiger partial charge on any atom is -0.351 e. The van der Waals surface area contributed by atoms with Crippen LogP contribution in [0, 0.1) is 0 Å². The second-order valence-electron chi connectivity index (χ2n) is 6.11. The van der Waals surface area contributed by atoms with Crippen LogP contribution in [-0.2, 0) is 19.4 Å². The van der Waals surface area contributed by atoms with Gasteiger partial charge < -0.3 is 10.2 Å². The van der Waals surface area contributed by atoms with E-state index in [1.165, 1.54) is 13.3 Å². The van der Waals surface area contributed by atoms with Gasteiger partial charge in [0.25, 0.3) is 0 Å². The summed E-state index contributed by atoms with van der Waals surface area (Å²) in [5.74, 6) is -0.187. The van der Waals surface area contributed by atoms with E-state index in [9.17, 15) is 18.0 Å². The van der Waals surface area contributed by atoms with E-state index in [2.05, 4.69) is 5.32 Å². The van der Waals surface area contributed by atoms with E-state index in [1.54, 1.807) is 4.90 Å². The second-order valence-corrected chi connectivity index (χ2v) is 8.33. The van der Waals surface area contributed by atoms with Crippen molar-refractivity contribution in [3.63, 3.8) is 0 Å². The van der Waals surface area contributed by atoms with E-state index in [0.717, 1.165) is 25.7 Å². The molecule has 1 N–H and O–H groups in total. The molecule has 2 aliphatic rings. The molecule has 21 heavy (non-hydrogen) atoms. The predicted octanol–water partition coefficient (Wildman–Crippen LogP) is 0.471. The molecule has 1 heterocycles. The van der Waals surface area contributed by atoms with E-state index in [0.29, 0.717) is 6.42 Å². The molecule has 1 unspecified atom stereocenters. The quantitative estimate of drug-likeness (QED) is 0.817. The lowest BCUT2D eigenvalue weighted by molar-refractivity contribution is -0.137. The maximum absolute atomic E-state index is 12.1. The van der Waals surface area contributed by atoms with Crippen LogP contribution in [0.1, 0.15) is 45.4 Å². The van der Waals surface area contributed by atoms with Crippen molar-refractivity contribution in [3.05, 3.63) is 0 Å².